The van der Waals surface area contributed by atoms with Gasteiger partial charge in [0, 0.05) is 6.92 Å². The SMILES string of the molecule is CC(=O)NC(C(C)=O)C(=O)OC(C)(C)C. The van der Waals surface area contributed by atoms with Crippen LogP contribution in [0.15, 0.2) is 0 Å². The molecule has 0 heterocycles. The molecule has 0 aromatic carbocycles. The third-order valence-electron chi connectivity index (χ3n) is 1.40. The van der Waals surface area contributed by atoms with Gasteiger partial charge in [0.15, 0.2) is 11.8 Å². The van der Waals surface area contributed by atoms with E-state index in [1.807, 2.05) is 0 Å². The Morgan fingerprint density at radius 2 is 1.60 bits per heavy atom. The lowest BCUT2D eigenvalue weighted by atomic mass is 10.1. The van der Waals surface area contributed by atoms with E-state index in [9.17, 15) is 14.4 Å². The van der Waals surface area contributed by atoms with E-state index in [2.05, 4.69) is 5.32 Å². The molecule has 1 amide bonds. The van der Waals surface area contributed by atoms with Gasteiger partial charge in [0.25, 0.3) is 0 Å². The fraction of sp³-hybridized carbons (Fsp3) is 0.700. The molecule has 0 saturated carbocycles. The Kier molecular flexibility index (Phi) is 4.45. The average molecular weight is 215 g/mol. The minimum absolute atomic E-state index is 0.443. The van der Waals surface area contributed by atoms with Crippen LogP contribution in [-0.4, -0.2) is 29.3 Å². The van der Waals surface area contributed by atoms with Gasteiger partial charge in [-0.2, -0.15) is 0 Å². The van der Waals surface area contributed by atoms with Gasteiger partial charge in [-0.25, -0.2) is 4.79 Å². The summed E-state index contributed by atoms with van der Waals surface area (Å²) in [6.45, 7) is 7.53. The van der Waals surface area contributed by atoms with Crippen LogP contribution in [0.3, 0.4) is 0 Å². The lowest BCUT2D eigenvalue weighted by Gasteiger charge is -2.22. The Morgan fingerprint density at radius 3 is 1.87 bits per heavy atom. The van der Waals surface area contributed by atoms with E-state index >= 15 is 0 Å². The largest absolute Gasteiger partial charge is 0.458 e. The van der Waals surface area contributed by atoms with Crippen LogP contribution in [0, 0.1) is 0 Å². The van der Waals surface area contributed by atoms with Crippen LogP contribution in [0.2, 0.25) is 0 Å². The first-order valence-electron chi connectivity index (χ1n) is 4.64. The molecule has 0 rings (SSSR count). The fourth-order valence-corrected chi connectivity index (χ4v) is 0.890. The summed E-state index contributed by atoms with van der Waals surface area (Å²) in [5.74, 6) is -1.62. The molecule has 1 unspecified atom stereocenters. The Hall–Kier alpha value is -1.39. The second kappa shape index (κ2) is 4.91. The van der Waals surface area contributed by atoms with Gasteiger partial charge in [0.1, 0.15) is 5.60 Å². The minimum atomic E-state index is -1.21. The van der Waals surface area contributed by atoms with Crippen molar-refractivity contribution in [1.82, 2.24) is 5.32 Å². The molecular formula is C10H17NO4. The molecule has 5 heteroatoms. The summed E-state index contributed by atoms with van der Waals surface area (Å²) in [4.78, 5) is 33.3. The zero-order chi connectivity index (χ0) is 12.2. The quantitative estimate of drug-likeness (QED) is 0.547. The monoisotopic (exact) mass is 215 g/mol. The summed E-state index contributed by atoms with van der Waals surface area (Å²) in [5, 5.41) is 2.24. The fourth-order valence-electron chi connectivity index (χ4n) is 0.890. The van der Waals surface area contributed by atoms with Gasteiger partial charge >= 0.3 is 5.97 Å². The molecule has 0 bridgehead atoms. The number of ketones is 1. The highest BCUT2D eigenvalue weighted by Crippen LogP contribution is 2.08. The van der Waals surface area contributed by atoms with E-state index in [-0.39, 0.29) is 0 Å². The van der Waals surface area contributed by atoms with Crippen LogP contribution in [0.4, 0.5) is 0 Å². The van der Waals surface area contributed by atoms with Crippen molar-refractivity contribution < 1.29 is 19.1 Å². The number of amides is 1. The summed E-state index contributed by atoms with van der Waals surface area (Å²) in [6.07, 6.45) is 0. The van der Waals surface area contributed by atoms with Crippen molar-refractivity contribution in [3.63, 3.8) is 0 Å². The molecule has 15 heavy (non-hydrogen) atoms. The Labute approximate surface area is 89.2 Å². The van der Waals surface area contributed by atoms with Crippen molar-refractivity contribution >= 4 is 17.7 Å². The van der Waals surface area contributed by atoms with Crippen molar-refractivity contribution in [3.05, 3.63) is 0 Å². The Bertz CT molecular complexity index is 278. The van der Waals surface area contributed by atoms with Gasteiger partial charge in [-0.05, 0) is 27.7 Å². The topological polar surface area (TPSA) is 72.5 Å². The molecule has 86 valence electrons. The number of rotatable bonds is 3. The highest BCUT2D eigenvalue weighted by atomic mass is 16.6. The van der Waals surface area contributed by atoms with Crippen LogP contribution in [0.5, 0.6) is 0 Å². The molecule has 0 aromatic heterocycles. The molecule has 1 atom stereocenters. The normalized spacial score (nSPS) is 12.9. The van der Waals surface area contributed by atoms with E-state index in [0.29, 0.717) is 0 Å². The van der Waals surface area contributed by atoms with Gasteiger partial charge in [-0.15, -0.1) is 0 Å². The number of ether oxygens (including phenoxy) is 1. The molecule has 0 fully saturated rings. The maximum atomic E-state index is 11.5. The summed E-state index contributed by atoms with van der Waals surface area (Å²) in [5.41, 5.74) is -0.677. The number of carbonyl (C=O) groups is 3. The van der Waals surface area contributed by atoms with Gasteiger partial charge in [0.2, 0.25) is 5.91 Å². The van der Waals surface area contributed by atoms with Crippen LogP contribution in [0.1, 0.15) is 34.6 Å². The van der Waals surface area contributed by atoms with Crippen LogP contribution in [-0.2, 0) is 19.1 Å². The number of Topliss-reactive ketones (excluding diaryl/α,β-unsaturated/α-hetero) is 1. The van der Waals surface area contributed by atoms with E-state index in [1.165, 1.54) is 13.8 Å². The molecule has 0 saturated heterocycles. The smallest absolute Gasteiger partial charge is 0.336 e. The Balaban J connectivity index is 4.57. The van der Waals surface area contributed by atoms with Crippen molar-refractivity contribution in [3.8, 4) is 0 Å². The molecule has 0 spiro atoms. The standard InChI is InChI=1S/C10H17NO4/c1-6(12)8(11-7(2)13)9(14)15-10(3,4)5/h8H,1-5H3,(H,11,13). The van der Waals surface area contributed by atoms with Gasteiger partial charge < -0.3 is 10.1 Å². The molecule has 1 N–H and O–H groups in total. The maximum Gasteiger partial charge on any atom is 0.336 e. The Morgan fingerprint density at radius 1 is 1.13 bits per heavy atom. The number of carbonyl (C=O) groups excluding carboxylic acids is 3. The molecule has 5 nitrogen and oxygen atoms in total. The second-order valence-corrected chi connectivity index (χ2v) is 4.28. The van der Waals surface area contributed by atoms with Gasteiger partial charge in [0.05, 0.1) is 0 Å². The van der Waals surface area contributed by atoms with E-state index in [0.717, 1.165) is 0 Å². The summed E-state index contributed by atoms with van der Waals surface area (Å²) in [6, 6.07) is -1.21. The van der Waals surface area contributed by atoms with Crippen molar-refractivity contribution in [2.45, 2.75) is 46.3 Å². The molecular weight excluding hydrogens is 198 g/mol. The third-order valence-corrected chi connectivity index (χ3v) is 1.40. The van der Waals surface area contributed by atoms with E-state index < -0.39 is 29.3 Å². The lowest BCUT2D eigenvalue weighted by molar-refractivity contribution is -0.160. The summed E-state index contributed by atoms with van der Waals surface area (Å²) in [7, 11) is 0. The molecule has 0 aliphatic rings. The minimum Gasteiger partial charge on any atom is -0.458 e. The second-order valence-electron chi connectivity index (χ2n) is 4.28. The highest BCUT2D eigenvalue weighted by molar-refractivity contribution is 6.04. The molecule has 0 aliphatic heterocycles. The zero-order valence-electron chi connectivity index (χ0n) is 9.71. The summed E-state index contributed by atoms with van der Waals surface area (Å²) < 4.78 is 4.99. The number of nitrogens with one attached hydrogen (secondary N) is 1. The summed E-state index contributed by atoms with van der Waals surface area (Å²) >= 11 is 0. The van der Waals surface area contributed by atoms with Crippen molar-refractivity contribution in [2.24, 2.45) is 0 Å². The first kappa shape index (κ1) is 13.6. The third kappa shape index (κ3) is 5.83. The van der Waals surface area contributed by atoms with Crippen LogP contribution >= 0.6 is 0 Å². The maximum absolute atomic E-state index is 11.5. The predicted molar refractivity (Wildman–Crippen MR) is 54.1 cm³/mol. The zero-order valence-corrected chi connectivity index (χ0v) is 9.71. The predicted octanol–water partition coefficient (Wildman–Crippen LogP) is 0.422. The first-order valence-corrected chi connectivity index (χ1v) is 4.64. The number of hydrogen-bond acceptors (Lipinski definition) is 4. The number of esters is 1. The first-order chi connectivity index (χ1) is 6.63. The van der Waals surface area contributed by atoms with Gasteiger partial charge in [-0.3, -0.25) is 9.59 Å². The van der Waals surface area contributed by atoms with Crippen LogP contribution < -0.4 is 5.32 Å². The lowest BCUT2D eigenvalue weighted by Crippen LogP contribution is -2.47. The highest BCUT2D eigenvalue weighted by Gasteiger charge is 2.29. The van der Waals surface area contributed by atoms with Crippen LogP contribution in [0.25, 0.3) is 0 Å². The average Bonchev–Trinajstić information content (AvgIpc) is 1.95. The van der Waals surface area contributed by atoms with E-state index in [4.69, 9.17) is 4.74 Å². The van der Waals surface area contributed by atoms with Crippen molar-refractivity contribution in [1.29, 1.82) is 0 Å². The molecule has 0 aromatic rings. The van der Waals surface area contributed by atoms with Crippen molar-refractivity contribution in [2.75, 3.05) is 0 Å². The molecule has 0 radical (unpaired) electrons. The van der Waals surface area contributed by atoms with Gasteiger partial charge in [-0.1, -0.05) is 0 Å². The van der Waals surface area contributed by atoms with E-state index in [1.54, 1.807) is 20.8 Å². The molecule has 0 aliphatic carbocycles. The number of hydrogen-bond donors (Lipinski definition) is 1.